The van der Waals surface area contributed by atoms with Crippen LogP contribution >= 0.6 is 0 Å². The first-order valence-electron chi connectivity index (χ1n) is 7.62. The SMILES string of the molecule is c1ccc2oc(NC3=NCN(C[C@H]4CCCO4)CN3)nc2c1. The normalized spacial score (nSPS) is 22.5. The number of rotatable bonds is 3. The van der Waals surface area contributed by atoms with E-state index in [0.717, 1.165) is 37.3 Å². The van der Waals surface area contributed by atoms with Crippen LogP contribution in [0.2, 0.25) is 0 Å². The Morgan fingerprint density at radius 2 is 2.32 bits per heavy atom. The van der Waals surface area contributed by atoms with Gasteiger partial charge < -0.3 is 14.5 Å². The molecule has 1 aromatic heterocycles. The van der Waals surface area contributed by atoms with Crippen molar-refractivity contribution in [2.24, 2.45) is 4.99 Å². The number of oxazole rings is 1. The molecule has 0 radical (unpaired) electrons. The zero-order valence-electron chi connectivity index (χ0n) is 12.3. The average Bonchev–Trinajstić information content (AvgIpc) is 3.18. The molecule has 7 heteroatoms. The molecule has 2 aromatic rings. The van der Waals surface area contributed by atoms with Gasteiger partial charge in [0, 0.05) is 13.2 Å². The summed E-state index contributed by atoms with van der Waals surface area (Å²) in [6.45, 7) is 3.20. The highest BCUT2D eigenvalue weighted by Gasteiger charge is 2.21. The summed E-state index contributed by atoms with van der Waals surface area (Å²) in [6.07, 6.45) is 2.66. The molecule has 0 bridgehead atoms. The van der Waals surface area contributed by atoms with Gasteiger partial charge in [-0.25, -0.2) is 4.99 Å². The Morgan fingerprint density at radius 1 is 1.36 bits per heavy atom. The summed E-state index contributed by atoms with van der Waals surface area (Å²) in [5, 5.41) is 6.33. The van der Waals surface area contributed by atoms with Crippen molar-refractivity contribution in [3.05, 3.63) is 24.3 Å². The summed E-state index contributed by atoms with van der Waals surface area (Å²) >= 11 is 0. The van der Waals surface area contributed by atoms with Crippen LogP contribution in [0.25, 0.3) is 11.1 Å². The lowest BCUT2D eigenvalue weighted by Gasteiger charge is -2.28. The van der Waals surface area contributed by atoms with Gasteiger partial charge in [-0.15, -0.1) is 0 Å². The van der Waals surface area contributed by atoms with Crippen molar-refractivity contribution >= 4 is 23.1 Å². The standard InChI is InChI=1S/C15H19N5O2/c1-2-6-13-12(5-1)18-15(22-13)19-14-16-9-20(10-17-14)8-11-4-3-7-21-11/h1-2,5-6,11H,3-4,7-10H2,(H2,16,17,18,19)/t11-/m1/s1. The number of fused-ring (bicyclic) bond motifs is 1. The highest BCUT2D eigenvalue weighted by molar-refractivity contribution is 5.93. The van der Waals surface area contributed by atoms with Crippen molar-refractivity contribution in [1.29, 1.82) is 0 Å². The Morgan fingerprint density at radius 3 is 3.09 bits per heavy atom. The number of benzene rings is 1. The Bertz CT molecular complexity index is 644. The predicted octanol–water partition coefficient (Wildman–Crippen LogP) is 1.59. The largest absolute Gasteiger partial charge is 0.423 e. The van der Waals surface area contributed by atoms with Crippen molar-refractivity contribution in [2.75, 3.05) is 31.8 Å². The van der Waals surface area contributed by atoms with Crippen LogP contribution in [0.1, 0.15) is 12.8 Å². The Labute approximate surface area is 128 Å². The first kappa shape index (κ1) is 13.5. The Hall–Kier alpha value is -2.12. The van der Waals surface area contributed by atoms with Crippen molar-refractivity contribution in [3.8, 4) is 0 Å². The topological polar surface area (TPSA) is 74.9 Å². The number of nitrogens with one attached hydrogen (secondary N) is 2. The van der Waals surface area contributed by atoms with Gasteiger partial charge in [-0.2, -0.15) is 4.98 Å². The molecule has 1 aromatic carbocycles. The van der Waals surface area contributed by atoms with Gasteiger partial charge in [-0.1, -0.05) is 12.1 Å². The summed E-state index contributed by atoms with van der Waals surface area (Å²) in [4.78, 5) is 11.1. The number of aliphatic imine (C=N–C) groups is 1. The van der Waals surface area contributed by atoms with Crippen molar-refractivity contribution in [2.45, 2.75) is 18.9 Å². The molecule has 7 nitrogen and oxygen atoms in total. The van der Waals surface area contributed by atoms with Gasteiger partial charge in [0.1, 0.15) is 5.52 Å². The van der Waals surface area contributed by atoms with Crippen LogP contribution in [0.4, 0.5) is 6.01 Å². The number of nitrogens with zero attached hydrogens (tertiary/aromatic N) is 3. The van der Waals surface area contributed by atoms with Crippen molar-refractivity contribution < 1.29 is 9.15 Å². The minimum Gasteiger partial charge on any atom is -0.423 e. The van der Waals surface area contributed by atoms with Crippen molar-refractivity contribution in [3.63, 3.8) is 0 Å². The zero-order chi connectivity index (χ0) is 14.8. The van der Waals surface area contributed by atoms with E-state index in [1.165, 1.54) is 6.42 Å². The molecule has 4 rings (SSSR count). The second kappa shape index (κ2) is 5.94. The minimum atomic E-state index is 0.351. The number of aromatic nitrogens is 1. The van der Waals surface area contributed by atoms with E-state index in [0.29, 0.717) is 24.7 Å². The summed E-state index contributed by atoms with van der Waals surface area (Å²) in [5.74, 6) is 0.690. The number of para-hydroxylation sites is 2. The minimum absolute atomic E-state index is 0.351. The maximum absolute atomic E-state index is 5.65. The molecule has 2 N–H and O–H groups in total. The number of anilines is 1. The molecule has 2 aliphatic heterocycles. The molecule has 0 spiro atoms. The van der Waals surface area contributed by atoms with E-state index in [1.54, 1.807) is 0 Å². The second-order valence-electron chi connectivity index (χ2n) is 5.58. The fraction of sp³-hybridized carbons (Fsp3) is 0.467. The lowest BCUT2D eigenvalue weighted by molar-refractivity contribution is 0.0715. The monoisotopic (exact) mass is 301 g/mol. The summed E-state index contributed by atoms with van der Waals surface area (Å²) < 4.78 is 11.3. The quantitative estimate of drug-likeness (QED) is 0.897. The van der Waals surface area contributed by atoms with Crippen LogP contribution in [0.3, 0.4) is 0 Å². The van der Waals surface area contributed by atoms with Crippen LogP contribution in [0.15, 0.2) is 33.7 Å². The number of guanidine groups is 1. The molecule has 22 heavy (non-hydrogen) atoms. The average molecular weight is 301 g/mol. The van der Waals surface area contributed by atoms with Crippen LogP contribution in [-0.4, -0.2) is 48.4 Å². The first-order valence-corrected chi connectivity index (χ1v) is 7.62. The number of hydrogen-bond acceptors (Lipinski definition) is 7. The van der Waals surface area contributed by atoms with E-state index >= 15 is 0 Å². The van der Waals surface area contributed by atoms with E-state index in [4.69, 9.17) is 9.15 Å². The van der Waals surface area contributed by atoms with E-state index < -0.39 is 0 Å². The van der Waals surface area contributed by atoms with Crippen LogP contribution in [0, 0.1) is 0 Å². The molecule has 1 saturated heterocycles. The van der Waals surface area contributed by atoms with Gasteiger partial charge in [-0.3, -0.25) is 10.2 Å². The van der Waals surface area contributed by atoms with Crippen LogP contribution < -0.4 is 10.6 Å². The lowest BCUT2D eigenvalue weighted by Crippen LogP contribution is -2.47. The molecular weight excluding hydrogens is 282 g/mol. The maximum atomic E-state index is 5.65. The molecule has 0 amide bonds. The van der Waals surface area contributed by atoms with Crippen LogP contribution in [0.5, 0.6) is 0 Å². The van der Waals surface area contributed by atoms with Crippen molar-refractivity contribution in [1.82, 2.24) is 15.2 Å². The molecule has 1 atom stereocenters. The number of ether oxygens (including phenoxy) is 1. The van der Waals surface area contributed by atoms with Gasteiger partial charge in [0.25, 0.3) is 0 Å². The van der Waals surface area contributed by atoms with Gasteiger partial charge >= 0.3 is 6.01 Å². The Kier molecular flexibility index (Phi) is 3.65. The summed E-state index contributed by atoms with van der Waals surface area (Å²) in [6, 6.07) is 8.14. The lowest BCUT2D eigenvalue weighted by atomic mass is 10.2. The van der Waals surface area contributed by atoms with Crippen LogP contribution in [-0.2, 0) is 4.74 Å². The smallest absolute Gasteiger partial charge is 0.302 e. The van der Waals surface area contributed by atoms with E-state index in [1.807, 2.05) is 24.3 Å². The Balaban J connectivity index is 1.36. The molecule has 3 heterocycles. The zero-order valence-corrected chi connectivity index (χ0v) is 12.3. The summed E-state index contributed by atoms with van der Waals surface area (Å²) in [5.41, 5.74) is 1.60. The summed E-state index contributed by atoms with van der Waals surface area (Å²) in [7, 11) is 0. The predicted molar refractivity (Wildman–Crippen MR) is 83.6 cm³/mol. The number of hydrogen-bond donors (Lipinski definition) is 2. The van der Waals surface area contributed by atoms with Gasteiger partial charge in [0.15, 0.2) is 5.58 Å². The molecule has 1 fully saturated rings. The third-order valence-corrected chi connectivity index (χ3v) is 3.90. The van der Waals surface area contributed by atoms with E-state index in [2.05, 4.69) is 25.5 Å². The van der Waals surface area contributed by atoms with Gasteiger partial charge in [0.2, 0.25) is 5.96 Å². The molecule has 0 unspecified atom stereocenters. The molecule has 0 saturated carbocycles. The molecule has 116 valence electrons. The van der Waals surface area contributed by atoms with Gasteiger partial charge in [-0.05, 0) is 25.0 Å². The highest BCUT2D eigenvalue weighted by Crippen LogP contribution is 2.18. The fourth-order valence-corrected chi connectivity index (χ4v) is 2.77. The highest BCUT2D eigenvalue weighted by atomic mass is 16.5. The van der Waals surface area contributed by atoms with E-state index in [9.17, 15) is 0 Å². The third-order valence-electron chi connectivity index (χ3n) is 3.90. The first-order chi connectivity index (χ1) is 10.9. The van der Waals surface area contributed by atoms with E-state index in [-0.39, 0.29) is 0 Å². The molecule has 0 aliphatic carbocycles. The third kappa shape index (κ3) is 2.90. The molecule has 2 aliphatic rings. The second-order valence-corrected chi connectivity index (χ2v) is 5.58. The maximum Gasteiger partial charge on any atom is 0.302 e. The fourth-order valence-electron chi connectivity index (χ4n) is 2.77. The molecular formula is C15H19N5O2. The van der Waals surface area contributed by atoms with Gasteiger partial charge in [0.05, 0.1) is 19.4 Å².